The summed E-state index contributed by atoms with van der Waals surface area (Å²) in [6.07, 6.45) is 2.88. The fraction of sp³-hybridized carbons (Fsp3) is 0.579. The van der Waals surface area contributed by atoms with Crippen LogP contribution in [0.4, 0.5) is 5.82 Å². The first-order valence-corrected chi connectivity index (χ1v) is 9.32. The zero-order valence-electron chi connectivity index (χ0n) is 17.0. The minimum absolute atomic E-state index is 0. The molecule has 4 N–H and O–H groups in total. The molecule has 1 aliphatic rings. The third-order valence-electron chi connectivity index (χ3n) is 4.82. The molecule has 3 amide bonds. The van der Waals surface area contributed by atoms with Crippen LogP contribution in [-0.2, 0) is 14.4 Å². The molecule has 0 spiro atoms. The van der Waals surface area contributed by atoms with E-state index in [9.17, 15) is 14.4 Å². The fourth-order valence-electron chi connectivity index (χ4n) is 2.86. The topological polar surface area (TPSA) is 117 Å². The van der Waals surface area contributed by atoms with E-state index in [4.69, 9.17) is 5.73 Å². The lowest BCUT2D eigenvalue weighted by Gasteiger charge is -2.31. The second-order valence-electron chi connectivity index (χ2n) is 7.35. The molecule has 1 fully saturated rings. The van der Waals surface area contributed by atoms with Gasteiger partial charge in [-0.1, -0.05) is 19.9 Å². The first-order chi connectivity index (χ1) is 12.8. The standard InChI is InChI=1S/C19H29N5O3.2ClH/c1-12(2)17(20)19(27)22-11-16(25)24-8-6-14(7-9-24)18(26)23-15-5-4-13(3)10-21-15;;/h4-5,10,12,14,17H,6-9,11,20H2,1-3H3,(H,22,27)(H,21,23,26);2*1H/t17-;;/m0../s1. The van der Waals surface area contributed by atoms with Crippen LogP contribution >= 0.6 is 24.8 Å². The quantitative estimate of drug-likeness (QED) is 0.610. The van der Waals surface area contributed by atoms with Crippen molar-refractivity contribution in [2.75, 3.05) is 25.0 Å². The van der Waals surface area contributed by atoms with Crippen LogP contribution in [0.25, 0.3) is 0 Å². The van der Waals surface area contributed by atoms with Gasteiger partial charge in [0.2, 0.25) is 17.7 Å². The van der Waals surface area contributed by atoms with Gasteiger partial charge in [0.25, 0.3) is 0 Å². The van der Waals surface area contributed by atoms with E-state index in [0.717, 1.165) is 5.56 Å². The summed E-state index contributed by atoms with van der Waals surface area (Å²) in [5, 5.41) is 5.41. The summed E-state index contributed by atoms with van der Waals surface area (Å²) in [4.78, 5) is 42.3. The second kappa shape index (κ2) is 12.6. The van der Waals surface area contributed by atoms with Crippen molar-refractivity contribution in [1.29, 1.82) is 0 Å². The number of rotatable bonds is 6. The molecule has 1 saturated heterocycles. The van der Waals surface area contributed by atoms with E-state index in [1.54, 1.807) is 17.2 Å². The minimum Gasteiger partial charge on any atom is -0.346 e. The molecule has 0 radical (unpaired) electrons. The van der Waals surface area contributed by atoms with Crippen molar-refractivity contribution < 1.29 is 14.4 Å². The Kier molecular flexibility index (Phi) is 11.8. The highest BCUT2D eigenvalue weighted by Gasteiger charge is 2.28. The number of nitrogens with zero attached hydrogens (tertiary/aromatic N) is 2. The molecular formula is C19H31Cl2N5O3. The molecule has 2 heterocycles. The van der Waals surface area contributed by atoms with Crippen LogP contribution < -0.4 is 16.4 Å². The van der Waals surface area contributed by atoms with Crippen molar-refractivity contribution in [3.05, 3.63) is 23.9 Å². The van der Waals surface area contributed by atoms with Gasteiger partial charge in [-0.05, 0) is 37.3 Å². The maximum atomic E-state index is 12.4. The Labute approximate surface area is 184 Å². The van der Waals surface area contributed by atoms with E-state index in [1.807, 2.05) is 26.8 Å². The molecule has 1 aliphatic heterocycles. The monoisotopic (exact) mass is 447 g/mol. The van der Waals surface area contributed by atoms with Crippen molar-refractivity contribution in [2.24, 2.45) is 17.6 Å². The highest BCUT2D eigenvalue weighted by atomic mass is 35.5. The van der Waals surface area contributed by atoms with Gasteiger partial charge >= 0.3 is 0 Å². The predicted octanol–water partition coefficient (Wildman–Crippen LogP) is 1.51. The lowest BCUT2D eigenvalue weighted by Crippen LogP contribution is -2.49. The Hall–Kier alpha value is -1.90. The van der Waals surface area contributed by atoms with E-state index in [1.165, 1.54) is 0 Å². The van der Waals surface area contributed by atoms with Crippen molar-refractivity contribution >= 4 is 48.4 Å². The average molecular weight is 448 g/mol. The van der Waals surface area contributed by atoms with Crippen LogP contribution in [0.15, 0.2) is 18.3 Å². The van der Waals surface area contributed by atoms with Crippen LogP contribution in [0.2, 0.25) is 0 Å². The molecule has 2 rings (SSSR count). The van der Waals surface area contributed by atoms with Crippen molar-refractivity contribution in [2.45, 2.75) is 39.7 Å². The lowest BCUT2D eigenvalue weighted by atomic mass is 9.96. The molecular weight excluding hydrogens is 417 g/mol. The molecule has 164 valence electrons. The SMILES string of the molecule is Cc1ccc(NC(=O)C2CCN(C(=O)CNC(=O)[C@@H](N)C(C)C)CC2)nc1.Cl.Cl. The minimum atomic E-state index is -0.623. The van der Waals surface area contributed by atoms with Gasteiger partial charge in [-0.15, -0.1) is 24.8 Å². The zero-order valence-corrected chi connectivity index (χ0v) is 18.6. The molecule has 1 atom stereocenters. The molecule has 0 aromatic carbocycles. The number of nitrogens with one attached hydrogen (secondary N) is 2. The van der Waals surface area contributed by atoms with Gasteiger partial charge in [-0.25, -0.2) is 4.98 Å². The van der Waals surface area contributed by atoms with Crippen LogP contribution in [0, 0.1) is 18.8 Å². The predicted molar refractivity (Wildman–Crippen MR) is 117 cm³/mol. The lowest BCUT2D eigenvalue weighted by molar-refractivity contribution is -0.135. The van der Waals surface area contributed by atoms with Crippen molar-refractivity contribution in [1.82, 2.24) is 15.2 Å². The van der Waals surface area contributed by atoms with Gasteiger partial charge in [0.05, 0.1) is 12.6 Å². The third kappa shape index (κ3) is 8.16. The Morgan fingerprint density at radius 1 is 1.21 bits per heavy atom. The summed E-state index contributed by atoms with van der Waals surface area (Å²) in [5.41, 5.74) is 6.79. The largest absolute Gasteiger partial charge is 0.346 e. The summed E-state index contributed by atoms with van der Waals surface area (Å²) in [6, 6.07) is 3.04. The molecule has 0 unspecified atom stereocenters. The number of hydrogen-bond donors (Lipinski definition) is 3. The number of anilines is 1. The Balaban J connectivity index is 0.00000392. The number of pyridine rings is 1. The number of halogens is 2. The summed E-state index contributed by atoms with van der Waals surface area (Å²) in [6.45, 7) is 6.56. The maximum absolute atomic E-state index is 12.4. The molecule has 1 aromatic heterocycles. The first-order valence-electron chi connectivity index (χ1n) is 9.32. The summed E-state index contributed by atoms with van der Waals surface area (Å²) in [7, 11) is 0. The normalized spacial score (nSPS) is 15.0. The first kappa shape index (κ1) is 27.1. The van der Waals surface area contributed by atoms with Gasteiger partial charge in [0, 0.05) is 25.2 Å². The van der Waals surface area contributed by atoms with Gasteiger partial charge < -0.3 is 21.3 Å². The van der Waals surface area contributed by atoms with Crippen LogP contribution in [-0.4, -0.2) is 53.3 Å². The average Bonchev–Trinajstić information content (AvgIpc) is 2.67. The van der Waals surface area contributed by atoms with Crippen molar-refractivity contribution in [3.8, 4) is 0 Å². The summed E-state index contributed by atoms with van der Waals surface area (Å²) < 4.78 is 0. The van der Waals surface area contributed by atoms with E-state index in [-0.39, 0.29) is 60.9 Å². The number of carbonyl (C=O) groups is 3. The molecule has 0 aliphatic carbocycles. The van der Waals surface area contributed by atoms with E-state index >= 15 is 0 Å². The Morgan fingerprint density at radius 2 is 1.83 bits per heavy atom. The number of likely N-dealkylation sites (tertiary alicyclic amines) is 1. The number of hydrogen-bond acceptors (Lipinski definition) is 5. The summed E-state index contributed by atoms with van der Waals surface area (Å²) >= 11 is 0. The van der Waals surface area contributed by atoms with Crippen molar-refractivity contribution in [3.63, 3.8) is 0 Å². The second-order valence-corrected chi connectivity index (χ2v) is 7.35. The smallest absolute Gasteiger partial charge is 0.241 e. The van der Waals surface area contributed by atoms with E-state index in [2.05, 4.69) is 15.6 Å². The number of carbonyl (C=O) groups excluding carboxylic acids is 3. The number of aromatic nitrogens is 1. The Morgan fingerprint density at radius 3 is 2.34 bits per heavy atom. The van der Waals surface area contributed by atoms with Crippen LogP contribution in [0.1, 0.15) is 32.3 Å². The third-order valence-corrected chi connectivity index (χ3v) is 4.82. The maximum Gasteiger partial charge on any atom is 0.241 e. The summed E-state index contributed by atoms with van der Waals surface area (Å²) in [5.74, 6) is -0.155. The number of piperidine rings is 1. The van der Waals surface area contributed by atoms with Crippen LogP contribution in [0.5, 0.6) is 0 Å². The van der Waals surface area contributed by atoms with Gasteiger partial charge in [-0.2, -0.15) is 0 Å². The molecule has 8 nitrogen and oxygen atoms in total. The fourth-order valence-corrected chi connectivity index (χ4v) is 2.86. The Bertz CT molecular complexity index is 677. The highest BCUT2D eigenvalue weighted by molar-refractivity contribution is 5.92. The molecule has 0 saturated carbocycles. The number of nitrogens with two attached hydrogens (primary N) is 1. The molecule has 1 aromatic rings. The highest BCUT2D eigenvalue weighted by Crippen LogP contribution is 2.19. The zero-order chi connectivity index (χ0) is 20.0. The number of aryl methyl sites for hydroxylation is 1. The van der Waals surface area contributed by atoms with E-state index < -0.39 is 6.04 Å². The van der Waals surface area contributed by atoms with Gasteiger partial charge in [0.1, 0.15) is 5.82 Å². The molecule has 29 heavy (non-hydrogen) atoms. The van der Waals surface area contributed by atoms with Crippen LogP contribution in [0.3, 0.4) is 0 Å². The molecule has 10 heteroatoms. The van der Waals surface area contributed by atoms with Gasteiger partial charge in [-0.3, -0.25) is 14.4 Å². The van der Waals surface area contributed by atoms with Gasteiger partial charge in [0.15, 0.2) is 0 Å². The molecule has 0 bridgehead atoms. The number of amides is 3. The van der Waals surface area contributed by atoms with E-state index in [0.29, 0.717) is 31.7 Å².